The van der Waals surface area contributed by atoms with E-state index < -0.39 is 0 Å². The van der Waals surface area contributed by atoms with Crippen molar-refractivity contribution in [2.75, 3.05) is 7.05 Å². The molecule has 1 heterocycles. The maximum atomic E-state index is 13.2. The van der Waals surface area contributed by atoms with Crippen LogP contribution >= 0.6 is 0 Å². The standard InChI is InChI=1S/C26H22N4O2/c1-30(16-20-8-7-19(14-27)23-15-28-29-25(20)23)26(31)18-9-12-22(17-5-3-2-4-6-17)24(13-18)32-21-10-11-21/h2-9,12-13,15,21H,10-11,16H2,1H3,(H,28,29). The van der Waals surface area contributed by atoms with Crippen LogP contribution in [0.3, 0.4) is 0 Å². The van der Waals surface area contributed by atoms with E-state index >= 15 is 0 Å². The summed E-state index contributed by atoms with van der Waals surface area (Å²) in [7, 11) is 1.77. The smallest absolute Gasteiger partial charge is 0.254 e. The Kier molecular flexibility index (Phi) is 5.08. The minimum absolute atomic E-state index is 0.0951. The fraction of sp³-hybridized carbons (Fsp3) is 0.192. The number of hydrogen-bond acceptors (Lipinski definition) is 4. The Morgan fingerprint density at radius 3 is 2.75 bits per heavy atom. The van der Waals surface area contributed by atoms with Gasteiger partial charge in [-0.1, -0.05) is 36.4 Å². The maximum Gasteiger partial charge on any atom is 0.254 e. The van der Waals surface area contributed by atoms with E-state index in [2.05, 4.69) is 16.3 Å². The van der Waals surface area contributed by atoms with Crippen molar-refractivity contribution < 1.29 is 9.53 Å². The second kappa shape index (κ2) is 8.20. The van der Waals surface area contributed by atoms with Gasteiger partial charge in [-0.2, -0.15) is 10.4 Å². The number of ether oxygens (including phenoxy) is 1. The number of benzene rings is 3. The van der Waals surface area contributed by atoms with E-state index in [1.807, 2.05) is 54.6 Å². The normalized spacial score (nSPS) is 13.0. The van der Waals surface area contributed by atoms with Gasteiger partial charge in [0.05, 0.1) is 29.5 Å². The fourth-order valence-corrected chi connectivity index (χ4v) is 3.84. The average Bonchev–Trinajstić information content (AvgIpc) is 3.50. The molecule has 158 valence electrons. The topological polar surface area (TPSA) is 82.0 Å². The second-order valence-corrected chi connectivity index (χ2v) is 8.10. The first-order valence-electron chi connectivity index (χ1n) is 10.6. The lowest BCUT2D eigenvalue weighted by atomic mass is 10.0. The molecule has 0 radical (unpaired) electrons. The van der Waals surface area contributed by atoms with Crippen LogP contribution in [-0.2, 0) is 6.54 Å². The van der Waals surface area contributed by atoms with Crippen molar-refractivity contribution in [2.45, 2.75) is 25.5 Å². The van der Waals surface area contributed by atoms with E-state index in [0.29, 0.717) is 17.7 Å². The minimum Gasteiger partial charge on any atom is -0.490 e. The molecular weight excluding hydrogens is 400 g/mol. The Morgan fingerprint density at radius 2 is 2.00 bits per heavy atom. The SMILES string of the molecule is CN(Cc1ccc(C#N)c2cn[nH]c12)C(=O)c1ccc(-c2ccccc2)c(OC2CC2)c1. The Bertz CT molecular complexity index is 1330. The Balaban J connectivity index is 1.43. The van der Waals surface area contributed by atoms with E-state index in [0.717, 1.165) is 46.2 Å². The number of carbonyl (C=O) groups excluding carboxylic acids is 1. The maximum absolute atomic E-state index is 13.2. The van der Waals surface area contributed by atoms with Gasteiger partial charge in [0.1, 0.15) is 5.75 Å². The van der Waals surface area contributed by atoms with Gasteiger partial charge in [-0.15, -0.1) is 0 Å². The average molecular weight is 422 g/mol. The number of nitrogens with one attached hydrogen (secondary N) is 1. The predicted octanol–water partition coefficient (Wildman–Crippen LogP) is 4.91. The van der Waals surface area contributed by atoms with Crippen LogP contribution < -0.4 is 4.74 Å². The van der Waals surface area contributed by atoms with E-state index in [-0.39, 0.29) is 12.0 Å². The highest BCUT2D eigenvalue weighted by molar-refractivity contribution is 5.96. The quantitative estimate of drug-likeness (QED) is 0.478. The predicted molar refractivity (Wildman–Crippen MR) is 122 cm³/mol. The molecule has 1 amide bonds. The molecule has 6 heteroatoms. The zero-order valence-electron chi connectivity index (χ0n) is 17.7. The third-order valence-corrected chi connectivity index (χ3v) is 5.71. The minimum atomic E-state index is -0.0951. The molecule has 6 nitrogen and oxygen atoms in total. The molecule has 0 atom stereocenters. The van der Waals surface area contributed by atoms with Crippen molar-refractivity contribution in [2.24, 2.45) is 0 Å². The summed E-state index contributed by atoms with van der Waals surface area (Å²) in [5.74, 6) is 0.648. The van der Waals surface area contributed by atoms with Gasteiger partial charge < -0.3 is 9.64 Å². The molecule has 4 aromatic rings. The highest BCUT2D eigenvalue weighted by Gasteiger charge is 2.26. The number of fused-ring (bicyclic) bond motifs is 1. The van der Waals surface area contributed by atoms with E-state index in [9.17, 15) is 10.1 Å². The first kappa shape index (κ1) is 19.8. The van der Waals surface area contributed by atoms with Gasteiger partial charge in [0, 0.05) is 30.1 Å². The molecule has 0 unspecified atom stereocenters. The van der Waals surface area contributed by atoms with Gasteiger partial charge >= 0.3 is 0 Å². The number of nitrogens with zero attached hydrogens (tertiary/aromatic N) is 3. The molecule has 3 aromatic carbocycles. The molecule has 0 aliphatic heterocycles. The molecule has 1 N–H and O–H groups in total. The summed E-state index contributed by atoms with van der Waals surface area (Å²) in [6.07, 6.45) is 3.96. The molecule has 32 heavy (non-hydrogen) atoms. The number of H-pyrrole nitrogens is 1. The summed E-state index contributed by atoms with van der Waals surface area (Å²) < 4.78 is 6.16. The largest absolute Gasteiger partial charge is 0.490 e. The number of rotatable bonds is 6. The van der Waals surface area contributed by atoms with Crippen LogP contribution in [0.25, 0.3) is 22.0 Å². The molecular formula is C26H22N4O2. The molecule has 5 rings (SSSR count). The molecule has 0 spiro atoms. The summed E-state index contributed by atoms with van der Waals surface area (Å²) in [6.45, 7) is 0.391. The van der Waals surface area contributed by atoms with Crippen molar-refractivity contribution >= 4 is 16.8 Å². The molecule has 1 saturated carbocycles. The summed E-state index contributed by atoms with van der Waals surface area (Å²) in [6, 6.07) is 21.5. The van der Waals surface area contributed by atoms with Crippen LogP contribution in [0.5, 0.6) is 5.75 Å². The van der Waals surface area contributed by atoms with Crippen LogP contribution in [0, 0.1) is 11.3 Å². The summed E-state index contributed by atoms with van der Waals surface area (Å²) in [4.78, 5) is 14.9. The van der Waals surface area contributed by atoms with Crippen LogP contribution in [-0.4, -0.2) is 34.2 Å². The highest BCUT2D eigenvalue weighted by atomic mass is 16.5. The zero-order chi connectivity index (χ0) is 22.1. The highest BCUT2D eigenvalue weighted by Crippen LogP contribution is 2.36. The molecule has 1 aromatic heterocycles. The van der Waals surface area contributed by atoms with Gasteiger partial charge in [-0.3, -0.25) is 9.89 Å². The lowest BCUT2D eigenvalue weighted by Crippen LogP contribution is -2.26. The fourth-order valence-electron chi connectivity index (χ4n) is 3.84. The van der Waals surface area contributed by atoms with Crippen molar-refractivity contribution in [1.82, 2.24) is 15.1 Å². The molecule has 0 saturated heterocycles. The molecule has 1 aliphatic carbocycles. The van der Waals surface area contributed by atoms with Crippen LogP contribution in [0.15, 0.2) is 66.9 Å². The van der Waals surface area contributed by atoms with Gasteiger partial charge in [0.25, 0.3) is 5.91 Å². The zero-order valence-corrected chi connectivity index (χ0v) is 17.7. The summed E-state index contributed by atoms with van der Waals surface area (Å²) in [5, 5.41) is 17.1. The Labute approximate surface area is 186 Å². The number of aromatic amines is 1. The Hall–Kier alpha value is -4.11. The monoisotopic (exact) mass is 422 g/mol. The van der Waals surface area contributed by atoms with Gasteiger partial charge in [0.2, 0.25) is 0 Å². The van der Waals surface area contributed by atoms with Crippen molar-refractivity contribution in [3.63, 3.8) is 0 Å². The summed E-state index contributed by atoms with van der Waals surface area (Å²) in [5.41, 5.74) is 4.88. The Morgan fingerprint density at radius 1 is 1.19 bits per heavy atom. The first-order valence-corrected chi connectivity index (χ1v) is 10.6. The molecule has 0 bridgehead atoms. The van der Waals surface area contributed by atoms with Crippen molar-refractivity contribution in [1.29, 1.82) is 5.26 Å². The van der Waals surface area contributed by atoms with Crippen LogP contribution in [0.1, 0.15) is 34.3 Å². The number of aromatic nitrogens is 2. The van der Waals surface area contributed by atoms with E-state index in [1.54, 1.807) is 24.2 Å². The second-order valence-electron chi connectivity index (χ2n) is 8.10. The van der Waals surface area contributed by atoms with E-state index in [4.69, 9.17) is 4.74 Å². The lowest BCUT2D eigenvalue weighted by molar-refractivity contribution is 0.0785. The van der Waals surface area contributed by atoms with Gasteiger partial charge in [-0.25, -0.2) is 0 Å². The van der Waals surface area contributed by atoms with E-state index in [1.165, 1.54) is 0 Å². The van der Waals surface area contributed by atoms with Crippen LogP contribution in [0.4, 0.5) is 0 Å². The molecule has 1 fully saturated rings. The van der Waals surface area contributed by atoms with Gasteiger partial charge in [0.15, 0.2) is 0 Å². The molecule has 1 aliphatic rings. The third kappa shape index (κ3) is 3.81. The van der Waals surface area contributed by atoms with Gasteiger partial charge in [-0.05, 0) is 48.2 Å². The number of hydrogen-bond donors (Lipinski definition) is 1. The van der Waals surface area contributed by atoms with Crippen molar-refractivity contribution in [3.8, 4) is 22.9 Å². The number of carbonyl (C=O) groups is 1. The lowest BCUT2D eigenvalue weighted by Gasteiger charge is -2.19. The third-order valence-electron chi connectivity index (χ3n) is 5.71. The van der Waals surface area contributed by atoms with Crippen LogP contribution in [0.2, 0.25) is 0 Å². The van der Waals surface area contributed by atoms with Crippen molar-refractivity contribution in [3.05, 3.63) is 83.6 Å². The summed E-state index contributed by atoms with van der Waals surface area (Å²) >= 11 is 0. The number of nitriles is 1. The number of amides is 1. The first-order chi connectivity index (χ1) is 15.6.